The van der Waals surface area contributed by atoms with E-state index < -0.39 is 0 Å². The number of carbonyl (C=O) groups excluding carboxylic acids is 1. The molecule has 0 spiro atoms. The van der Waals surface area contributed by atoms with Gasteiger partial charge in [0.05, 0.1) is 11.8 Å². The van der Waals surface area contributed by atoms with E-state index in [9.17, 15) is 4.79 Å². The fourth-order valence-corrected chi connectivity index (χ4v) is 2.33. The SMILES string of the molecule is O=Cc1nc(-c2ccco2)n2cccc(Br)c12. The summed E-state index contributed by atoms with van der Waals surface area (Å²) in [6.45, 7) is 0. The van der Waals surface area contributed by atoms with Gasteiger partial charge in [0.1, 0.15) is 5.69 Å². The maximum absolute atomic E-state index is 11.0. The minimum Gasteiger partial charge on any atom is -0.461 e. The van der Waals surface area contributed by atoms with Crippen LogP contribution in [-0.4, -0.2) is 15.7 Å². The Kier molecular flexibility index (Phi) is 2.33. The zero-order valence-electron chi connectivity index (χ0n) is 8.63. The van der Waals surface area contributed by atoms with Crippen LogP contribution in [0.25, 0.3) is 17.1 Å². The van der Waals surface area contributed by atoms with Crippen LogP contribution in [0.3, 0.4) is 0 Å². The van der Waals surface area contributed by atoms with Gasteiger partial charge in [0, 0.05) is 10.7 Å². The zero-order chi connectivity index (χ0) is 11.8. The predicted octanol–water partition coefficient (Wildman–Crippen LogP) is 3.17. The van der Waals surface area contributed by atoms with Crippen molar-refractivity contribution in [1.82, 2.24) is 9.38 Å². The molecule has 0 atom stereocenters. The number of carbonyl (C=O) groups is 1. The van der Waals surface area contributed by atoms with Gasteiger partial charge in [-0.3, -0.25) is 9.20 Å². The summed E-state index contributed by atoms with van der Waals surface area (Å²) in [5.74, 6) is 1.25. The largest absolute Gasteiger partial charge is 0.461 e. The third-order valence-electron chi connectivity index (χ3n) is 2.50. The van der Waals surface area contributed by atoms with Gasteiger partial charge >= 0.3 is 0 Å². The van der Waals surface area contributed by atoms with Gasteiger partial charge in [-0.1, -0.05) is 0 Å². The van der Waals surface area contributed by atoms with E-state index in [0.29, 0.717) is 17.3 Å². The van der Waals surface area contributed by atoms with E-state index in [1.165, 1.54) is 0 Å². The molecule has 3 aromatic rings. The van der Waals surface area contributed by atoms with Gasteiger partial charge in [0.15, 0.2) is 17.9 Å². The number of aromatic nitrogens is 2. The molecule has 0 unspecified atom stereocenters. The van der Waals surface area contributed by atoms with Gasteiger partial charge in [-0.15, -0.1) is 0 Å². The van der Waals surface area contributed by atoms with E-state index in [0.717, 1.165) is 16.3 Å². The minimum absolute atomic E-state index is 0.392. The Morgan fingerprint density at radius 1 is 1.35 bits per heavy atom. The van der Waals surface area contributed by atoms with Crippen LogP contribution in [-0.2, 0) is 0 Å². The molecule has 0 aliphatic heterocycles. The first-order chi connectivity index (χ1) is 8.31. The van der Waals surface area contributed by atoms with Crippen LogP contribution in [0, 0.1) is 0 Å². The summed E-state index contributed by atoms with van der Waals surface area (Å²) in [5, 5.41) is 0. The Hall–Kier alpha value is -1.88. The van der Waals surface area contributed by atoms with E-state index in [2.05, 4.69) is 20.9 Å². The highest BCUT2D eigenvalue weighted by atomic mass is 79.9. The van der Waals surface area contributed by atoms with Crippen LogP contribution in [0.4, 0.5) is 0 Å². The molecule has 0 amide bonds. The van der Waals surface area contributed by atoms with Crippen molar-refractivity contribution in [3.8, 4) is 11.6 Å². The Morgan fingerprint density at radius 2 is 2.24 bits per heavy atom. The predicted molar refractivity (Wildman–Crippen MR) is 66.0 cm³/mol. The first-order valence-electron chi connectivity index (χ1n) is 4.97. The molecule has 0 aliphatic rings. The maximum atomic E-state index is 11.0. The highest BCUT2D eigenvalue weighted by Gasteiger charge is 2.15. The summed E-state index contributed by atoms with van der Waals surface area (Å²) in [6, 6.07) is 7.34. The highest BCUT2D eigenvalue weighted by molar-refractivity contribution is 9.10. The van der Waals surface area contributed by atoms with Gasteiger partial charge in [-0.2, -0.15) is 0 Å². The van der Waals surface area contributed by atoms with Gasteiger partial charge in [0.25, 0.3) is 0 Å². The molecule has 3 aromatic heterocycles. The number of fused-ring (bicyclic) bond motifs is 1. The number of hydrogen-bond donors (Lipinski definition) is 0. The smallest absolute Gasteiger partial charge is 0.181 e. The summed E-state index contributed by atoms with van der Waals surface area (Å²) in [6.07, 6.45) is 4.17. The van der Waals surface area contributed by atoms with Crippen molar-refractivity contribution in [2.75, 3.05) is 0 Å². The van der Waals surface area contributed by atoms with Crippen LogP contribution in [0.1, 0.15) is 10.5 Å². The number of nitrogens with zero attached hydrogens (tertiary/aromatic N) is 2. The molecular formula is C12H7BrN2O2. The van der Waals surface area contributed by atoms with Crippen molar-refractivity contribution in [2.45, 2.75) is 0 Å². The number of rotatable bonds is 2. The molecule has 0 fully saturated rings. The lowest BCUT2D eigenvalue weighted by molar-refractivity contribution is 0.112. The fraction of sp³-hybridized carbons (Fsp3) is 0. The van der Waals surface area contributed by atoms with E-state index in [-0.39, 0.29) is 0 Å². The number of imidazole rings is 1. The molecule has 0 aliphatic carbocycles. The van der Waals surface area contributed by atoms with Crippen molar-refractivity contribution in [3.05, 3.63) is 46.9 Å². The molecule has 0 saturated carbocycles. The van der Waals surface area contributed by atoms with Gasteiger partial charge in [-0.25, -0.2) is 4.98 Å². The molecule has 0 bridgehead atoms. The summed E-state index contributed by atoms with van der Waals surface area (Å²) >= 11 is 3.41. The lowest BCUT2D eigenvalue weighted by atomic mass is 10.3. The van der Waals surface area contributed by atoms with Crippen LogP contribution >= 0.6 is 15.9 Å². The number of furan rings is 1. The quantitative estimate of drug-likeness (QED) is 0.681. The average molecular weight is 291 g/mol. The zero-order valence-corrected chi connectivity index (χ0v) is 10.2. The Balaban J connectivity index is 2.41. The standard InChI is InChI=1S/C12H7BrN2O2/c13-8-3-1-5-15-11(8)9(7-16)14-12(15)10-4-2-6-17-10/h1-7H. The first-order valence-corrected chi connectivity index (χ1v) is 5.76. The van der Waals surface area contributed by atoms with E-state index >= 15 is 0 Å². The van der Waals surface area contributed by atoms with Crippen molar-refractivity contribution in [3.63, 3.8) is 0 Å². The van der Waals surface area contributed by atoms with Crippen molar-refractivity contribution in [1.29, 1.82) is 0 Å². The van der Waals surface area contributed by atoms with Crippen molar-refractivity contribution < 1.29 is 9.21 Å². The second-order valence-corrected chi connectivity index (χ2v) is 4.34. The number of halogens is 1. The lowest BCUT2D eigenvalue weighted by Crippen LogP contribution is -1.87. The molecule has 3 rings (SSSR count). The average Bonchev–Trinajstić information content (AvgIpc) is 2.95. The van der Waals surface area contributed by atoms with Crippen molar-refractivity contribution >= 4 is 27.7 Å². The molecule has 0 aromatic carbocycles. The Labute approximate surface area is 105 Å². The van der Waals surface area contributed by atoms with Gasteiger partial charge < -0.3 is 4.42 Å². The third-order valence-corrected chi connectivity index (χ3v) is 3.14. The molecule has 3 heterocycles. The van der Waals surface area contributed by atoms with Crippen LogP contribution < -0.4 is 0 Å². The summed E-state index contributed by atoms with van der Waals surface area (Å²) in [5.41, 5.74) is 1.14. The monoisotopic (exact) mass is 290 g/mol. The number of hydrogen-bond acceptors (Lipinski definition) is 3. The van der Waals surface area contributed by atoms with E-state index in [1.54, 1.807) is 12.3 Å². The molecule has 84 valence electrons. The third kappa shape index (κ3) is 1.51. The summed E-state index contributed by atoms with van der Waals surface area (Å²) < 4.78 is 7.96. The molecule has 0 radical (unpaired) electrons. The van der Waals surface area contributed by atoms with E-state index in [1.807, 2.05) is 28.8 Å². The molecule has 5 heteroatoms. The molecule has 0 N–H and O–H groups in total. The summed E-state index contributed by atoms with van der Waals surface area (Å²) in [7, 11) is 0. The molecule has 0 saturated heterocycles. The van der Waals surface area contributed by atoms with E-state index in [4.69, 9.17) is 4.42 Å². The minimum atomic E-state index is 0.392. The molecule has 17 heavy (non-hydrogen) atoms. The summed E-state index contributed by atoms with van der Waals surface area (Å²) in [4.78, 5) is 15.3. The molecule has 4 nitrogen and oxygen atoms in total. The lowest BCUT2D eigenvalue weighted by Gasteiger charge is -1.99. The fourth-order valence-electron chi connectivity index (χ4n) is 1.79. The molecular weight excluding hydrogens is 284 g/mol. The van der Waals surface area contributed by atoms with Gasteiger partial charge in [0.2, 0.25) is 0 Å². The maximum Gasteiger partial charge on any atom is 0.181 e. The number of pyridine rings is 1. The second kappa shape index (κ2) is 3.85. The van der Waals surface area contributed by atoms with Crippen LogP contribution in [0.5, 0.6) is 0 Å². The number of aldehydes is 1. The first kappa shape index (κ1) is 10.3. The van der Waals surface area contributed by atoms with Crippen molar-refractivity contribution in [2.24, 2.45) is 0 Å². The second-order valence-electron chi connectivity index (χ2n) is 3.49. The Bertz CT molecular complexity index is 686. The Morgan fingerprint density at radius 3 is 2.94 bits per heavy atom. The highest BCUT2D eigenvalue weighted by Crippen LogP contribution is 2.27. The van der Waals surface area contributed by atoms with Crippen LogP contribution in [0.2, 0.25) is 0 Å². The van der Waals surface area contributed by atoms with Gasteiger partial charge in [-0.05, 0) is 40.2 Å². The topological polar surface area (TPSA) is 47.5 Å². The normalized spacial score (nSPS) is 10.9. The van der Waals surface area contributed by atoms with Crippen LogP contribution in [0.15, 0.2) is 45.6 Å².